The van der Waals surface area contributed by atoms with Crippen molar-refractivity contribution in [2.24, 2.45) is 0 Å². The number of halogens is 8. The molecule has 0 unspecified atom stereocenters. The van der Waals surface area contributed by atoms with Crippen LogP contribution in [-0.2, 0) is 11.8 Å². The van der Waals surface area contributed by atoms with Crippen molar-refractivity contribution < 1.29 is 54.1 Å². The van der Waals surface area contributed by atoms with Gasteiger partial charge in [0.25, 0.3) is 0 Å². The van der Waals surface area contributed by atoms with Crippen molar-refractivity contribution in [1.82, 2.24) is 0 Å². The third-order valence-electron chi connectivity index (χ3n) is 5.00. The largest absolute Gasteiger partial charge is 0.494 e. The molecule has 0 atom stereocenters. The molecular weight excluding hydrogens is 484 g/mol. The molecule has 0 saturated carbocycles. The van der Waals surface area contributed by atoms with Crippen LogP contribution in [-0.4, -0.2) is 40.3 Å². The molecule has 0 saturated heterocycles. The molecule has 190 valence electrons. The van der Waals surface area contributed by atoms with Crippen molar-refractivity contribution in [2.45, 2.75) is 23.7 Å². The van der Waals surface area contributed by atoms with Crippen molar-refractivity contribution in [2.75, 3.05) is 39.9 Å². The molecule has 2 rings (SSSR count). The highest BCUT2D eigenvalue weighted by Gasteiger charge is 2.81. The summed E-state index contributed by atoms with van der Waals surface area (Å²) in [4.78, 5) is 0. The predicted molar refractivity (Wildman–Crippen MR) is 106 cm³/mol. The molecule has 4 N–H and O–H groups in total. The SMILES string of the molecule is COc1cc(C(F)(F)C(F)(F)C(F)(F)C(F)(F)c2cc(OC)c(N)c(OC)c2)cc(OC)c1N. The molecule has 2 aromatic carbocycles. The summed E-state index contributed by atoms with van der Waals surface area (Å²) in [5, 5.41) is 0. The lowest BCUT2D eigenvalue weighted by Crippen LogP contribution is -2.59. The Bertz CT molecular complexity index is 929. The average molecular weight is 504 g/mol. The van der Waals surface area contributed by atoms with Crippen LogP contribution in [0.2, 0.25) is 0 Å². The van der Waals surface area contributed by atoms with Gasteiger partial charge < -0.3 is 30.4 Å². The molecule has 14 heteroatoms. The number of nitrogens with two attached hydrogens (primary N) is 2. The van der Waals surface area contributed by atoms with Crippen molar-refractivity contribution in [3.63, 3.8) is 0 Å². The van der Waals surface area contributed by atoms with E-state index in [1.54, 1.807) is 0 Å². The average Bonchev–Trinajstić information content (AvgIpc) is 2.78. The van der Waals surface area contributed by atoms with Gasteiger partial charge in [0, 0.05) is 11.1 Å². The lowest BCUT2D eigenvalue weighted by molar-refractivity contribution is -0.374. The van der Waals surface area contributed by atoms with E-state index in [9.17, 15) is 35.1 Å². The van der Waals surface area contributed by atoms with Gasteiger partial charge >= 0.3 is 23.7 Å². The summed E-state index contributed by atoms with van der Waals surface area (Å²) in [6.45, 7) is 0. The van der Waals surface area contributed by atoms with Gasteiger partial charge in [0.2, 0.25) is 0 Å². The van der Waals surface area contributed by atoms with Gasteiger partial charge in [-0.2, -0.15) is 35.1 Å². The fourth-order valence-electron chi connectivity index (χ4n) is 3.00. The summed E-state index contributed by atoms with van der Waals surface area (Å²) in [5.74, 6) is -27.5. The Kier molecular flexibility index (Phi) is 6.97. The van der Waals surface area contributed by atoms with Gasteiger partial charge in [-0.25, -0.2) is 0 Å². The summed E-state index contributed by atoms with van der Waals surface area (Å²) in [6.07, 6.45) is 0. The highest BCUT2D eigenvalue weighted by Crippen LogP contribution is 2.60. The number of hydrogen-bond donors (Lipinski definition) is 2. The van der Waals surface area contributed by atoms with Crippen molar-refractivity contribution in [3.05, 3.63) is 35.4 Å². The van der Waals surface area contributed by atoms with E-state index in [1.807, 2.05) is 0 Å². The highest BCUT2D eigenvalue weighted by molar-refractivity contribution is 5.66. The topological polar surface area (TPSA) is 89.0 Å². The molecule has 0 aromatic heterocycles. The zero-order chi connectivity index (χ0) is 26.3. The van der Waals surface area contributed by atoms with Gasteiger partial charge in [0.1, 0.15) is 34.4 Å². The zero-order valence-electron chi connectivity index (χ0n) is 18.1. The quantitative estimate of drug-likeness (QED) is 0.368. The number of hydrogen-bond acceptors (Lipinski definition) is 6. The first-order chi connectivity index (χ1) is 15.5. The first-order valence-electron chi connectivity index (χ1n) is 9.10. The third-order valence-corrected chi connectivity index (χ3v) is 5.00. The second-order valence-electron chi connectivity index (χ2n) is 6.89. The van der Waals surface area contributed by atoms with Crippen LogP contribution >= 0.6 is 0 Å². The van der Waals surface area contributed by atoms with E-state index in [-0.39, 0.29) is 24.3 Å². The van der Waals surface area contributed by atoms with Gasteiger partial charge in [0.15, 0.2) is 0 Å². The van der Waals surface area contributed by atoms with Crippen LogP contribution in [0, 0.1) is 0 Å². The maximum atomic E-state index is 14.8. The Hall–Kier alpha value is -3.32. The molecule has 0 aliphatic carbocycles. The second kappa shape index (κ2) is 8.80. The molecule has 0 radical (unpaired) electrons. The summed E-state index contributed by atoms with van der Waals surface area (Å²) < 4.78 is 137. The summed E-state index contributed by atoms with van der Waals surface area (Å²) in [7, 11) is 3.71. The maximum absolute atomic E-state index is 14.8. The summed E-state index contributed by atoms with van der Waals surface area (Å²) in [5.41, 5.74) is 6.65. The highest BCUT2D eigenvalue weighted by atomic mass is 19.4. The second-order valence-corrected chi connectivity index (χ2v) is 6.89. The van der Waals surface area contributed by atoms with Crippen molar-refractivity contribution >= 4 is 11.4 Å². The molecule has 0 fully saturated rings. The Balaban J connectivity index is 2.71. The van der Waals surface area contributed by atoms with Crippen LogP contribution in [0.25, 0.3) is 0 Å². The number of anilines is 2. The number of rotatable bonds is 9. The van der Waals surface area contributed by atoms with Crippen LogP contribution in [0.5, 0.6) is 23.0 Å². The maximum Gasteiger partial charge on any atom is 0.382 e. The Morgan fingerprint density at radius 3 is 0.882 bits per heavy atom. The Labute approximate surface area is 188 Å². The lowest BCUT2D eigenvalue weighted by atomic mass is 9.89. The van der Waals surface area contributed by atoms with E-state index in [1.165, 1.54) is 0 Å². The zero-order valence-corrected chi connectivity index (χ0v) is 18.1. The van der Waals surface area contributed by atoms with Crippen LogP contribution in [0.1, 0.15) is 11.1 Å². The normalized spacial score (nSPS) is 12.9. The Morgan fingerprint density at radius 1 is 0.500 bits per heavy atom. The standard InChI is InChI=1S/C20H20F8N2O4/c1-31-11-5-9(6-12(32-2)15(11)29)17(21,22)19(25,26)20(27,28)18(23,24)10-7-13(33-3)16(30)14(8-10)34-4/h5-8H,29-30H2,1-4H3. The molecule has 0 bridgehead atoms. The molecular formula is C20H20F8N2O4. The van der Waals surface area contributed by atoms with E-state index in [0.717, 1.165) is 28.4 Å². The number of alkyl halides is 8. The minimum absolute atomic E-state index is 0.218. The van der Waals surface area contributed by atoms with Crippen molar-refractivity contribution in [1.29, 1.82) is 0 Å². The van der Waals surface area contributed by atoms with Gasteiger partial charge in [-0.05, 0) is 24.3 Å². The summed E-state index contributed by atoms with van der Waals surface area (Å²) >= 11 is 0. The fraction of sp³-hybridized carbons (Fsp3) is 0.400. The first-order valence-corrected chi connectivity index (χ1v) is 9.10. The van der Waals surface area contributed by atoms with Gasteiger partial charge in [-0.1, -0.05) is 0 Å². The molecule has 0 heterocycles. The van der Waals surface area contributed by atoms with E-state index in [0.29, 0.717) is 0 Å². The molecule has 0 spiro atoms. The molecule has 2 aromatic rings. The van der Waals surface area contributed by atoms with Crippen molar-refractivity contribution in [3.8, 4) is 23.0 Å². The van der Waals surface area contributed by atoms with E-state index in [2.05, 4.69) is 18.9 Å². The van der Waals surface area contributed by atoms with Crippen LogP contribution in [0.15, 0.2) is 24.3 Å². The molecule has 0 aliphatic heterocycles. The molecule has 34 heavy (non-hydrogen) atoms. The molecule has 0 aliphatic rings. The van der Waals surface area contributed by atoms with Gasteiger partial charge in [-0.3, -0.25) is 0 Å². The smallest absolute Gasteiger partial charge is 0.382 e. The number of methoxy groups -OCH3 is 4. The minimum Gasteiger partial charge on any atom is -0.494 e. The van der Waals surface area contributed by atoms with E-state index < -0.39 is 69.2 Å². The minimum atomic E-state index is -6.64. The monoisotopic (exact) mass is 504 g/mol. The third kappa shape index (κ3) is 3.84. The molecule has 6 nitrogen and oxygen atoms in total. The fourth-order valence-corrected chi connectivity index (χ4v) is 3.00. The van der Waals surface area contributed by atoms with Crippen LogP contribution < -0.4 is 30.4 Å². The first kappa shape index (κ1) is 26.9. The lowest BCUT2D eigenvalue weighted by Gasteiger charge is -2.37. The number of benzene rings is 2. The van der Waals surface area contributed by atoms with Crippen LogP contribution in [0.3, 0.4) is 0 Å². The number of ether oxygens (including phenoxy) is 4. The van der Waals surface area contributed by atoms with Gasteiger partial charge in [-0.15, -0.1) is 0 Å². The van der Waals surface area contributed by atoms with Gasteiger partial charge in [0.05, 0.1) is 28.4 Å². The summed E-state index contributed by atoms with van der Waals surface area (Å²) in [6, 6.07) is 0.870. The Morgan fingerprint density at radius 2 is 0.706 bits per heavy atom. The molecule has 0 amide bonds. The van der Waals surface area contributed by atoms with Crippen LogP contribution in [0.4, 0.5) is 46.5 Å². The number of nitrogen functional groups attached to an aromatic ring is 2. The van der Waals surface area contributed by atoms with E-state index >= 15 is 0 Å². The predicted octanol–water partition coefficient (Wildman–Crippen LogP) is 5.04. The van der Waals surface area contributed by atoms with E-state index in [4.69, 9.17) is 11.5 Å².